The molecular weight excluding hydrogens is 439 g/mol. The molecular formula is C23H18ClFN2O3S. The van der Waals surface area contributed by atoms with E-state index in [0.717, 1.165) is 11.3 Å². The Kier molecular flexibility index (Phi) is 5.89. The number of ether oxygens (including phenoxy) is 1. The van der Waals surface area contributed by atoms with Crippen LogP contribution in [0.1, 0.15) is 31.0 Å². The van der Waals surface area contributed by atoms with Crippen LogP contribution in [-0.2, 0) is 9.53 Å². The molecule has 0 radical (unpaired) electrons. The molecule has 1 aliphatic heterocycles. The number of carbonyl (C=O) groups is 1. The fraction of sp³-hybridized carbons (Fsp3) is 0.174. The lowest BCUT2D eigenvalue weighted by Crippen LogP contribution is -2.40. The molecule has 1 aliphatic rings. The van der Waals surface area contributed by atoms with Crippen LogP contribution in [0.3, 0.4) is 0 Å². The van der Waals surface area contributed by atoms with Crippen LogP contribution in [0, 0.1) is 5.82 Å². The fourth-order valence-corrected chi connectivity index (χ4v) is 4.74. The van der Waals surface area contributed by atoms with Gasteiger partial charge in [0.2, 0.25) is 0 Å². The van der Waals surface area contributed by atoms with Gasteiger partial charge < -0.3 is 4.74 Å². The molecule has 3 aromatic rings. The van der Waals surface area contributed by atoms with Crippen molar-refractivity contribution >= 4 is 35.0 Å². The standard InChI is InChI=1S/C23H18ClFN2O3S/c1-3-30-22(29)19-13(2)26-23-27(20(19)15-9-5-7-11-17(15)25)21(28)18(31-23)12-14-8-4-6-10-16(14)24/h4-12,20H,3H2,1-2H3/b18-12+. The highest BCUT2D eigenvalue weighted by Crippen LogP contribution is 2.32. The van der Waals surface area contributed by atoms with Gasteiger partial charge in [-0.2, -0.15) is 0 Å². The quantitative estimate of drug-likeness (QED) is 0.564. The monoisotopic (exact) mass is 456 g/mol. The molecule has 2 aromatic carbocycles. The van der Waals surface area contributed by atoms with Crippen LogP contribution in [0.2, 0.25) is 5.02 Å². The van der Waals surface area contributed by atoms with Crippen LogP contribution >= 0.6 is 22.9 Å². The Morgan fingerprint density at radius 2 is 1.97 bits per heavy atom. The number of halogens is 2. The van der Waals surface area contributed by atoms with Gasteiger partial charge in [0, 0.05) is 10.6 Å². The van der Waals surface area contributed by atoms with Crippen molar-refractivity contribution in [2.45, 2.75) is 19.9 Å². The maximum atomic E-state index is 14.8. The van der Waals surface area contributed by atoms with Crippen LogP contribution in [-0.4, -0.2) is 17.1 Å². The highest BCUT2D eigenvalue weighted by molar-refractivity contribution is 7.07. The smallest absolute Gasteiger partial charge is 0.338 e. The molecule has 0 bridgehead atoms. The van der Waals surface area contributed by atoms with E-state index in [4.69, 9.17) is 16.3 Å². The molecule has 0 spiro atoms. The number of esters is 1. The number of aromatic nitrogens is 1. The second-order valence-electron chi connectivity index (χ2n) is 6.85. The average Bonchev–Trinajstić information content (AvgIpc) is 3.04. The number of benzene rings is 2. The number of carbonyl (C=O) groups excluding carboxylic acids is 1. The number of rotatable bonds is 4. The predicted molar refractivity (Wildman–Crippen MR) is 118 cm³/mol. The van der Waals surface area contributed by atoms with Gasteiger partial charge in [0.25, 0.3) is 5.56 Å². The Morgan fingerprint density at radius 3 is 2.68 bits per heavy atom. The number of hydrogen-bond acceptors (Lipinski definition) is 5. The number of nitrogens with zero attached hydrogens (tertiary/aromatic N) is 2. The molecule has 0 aliphatic carbocycles. The largest absolute Gasteiger partial charge is 0.463 e. The third kappa shape index (κ3) is 3.86. The maximum Gasteiger partial charge on any atom is 0.338 e. The van der Waals surface area contributed by atoms with Crippen molar-refractivity contribution in [1.29, 1.82) is 0 Å². The lowest BCUT2D eigenvalue weighted by Gasteiger charge is -2.24. The van der Waals surface area contributed by atoms with E-state index < -0.39 is 17.8 Å². The molecule has 0 saturated carbocycles. The van der Waals surface area contributed by atoms with E-state index in [-0.39, 0.29) is 23.3 Å². The summed E-state index contributed by atoms with van der Waals surface area (Å²) in [7, 11) is 0. The Morgan fingerprint density at radius 1 is 1.26 bits per heavy atom. The highest BCUT2D eigenvalue weighted by atomic mass is 35.5. The van der Waals surface area contributed by atoms with Gasteiger partial charge in [-0.25, -0.2) is 14.2 Å². The first-order valence-corrected chi connectivity index (χ1v) is 10.8. The van der Waals surface area contributed by atoms with Crippen LogP contribution in [0.15, 0.2) is 69.6 Å². The molecule has 0 N–H and O–H groups in total. The van der Waals surface area contributed by atoms with Crippen molar-refractivity contribution in [1.82, 2.24) is 4.57 Å². The summed E-state index contributed by atoms with van der Waals surface area (Å²) in [6.45, 7) is 3.49. The summed E-state index contributed by atoms with van der Waals surface area (Å²) in [6, 6.07) is 12.2. The number of hydrogen-bond donors (Lipinski definition) is 0. The normalized spacial score (nSPS) is 16.1. The highest BCUT2D eigenvalue weighted by Gasteiger charge is 2.34. The minimum atomic E-state index is -0.982. The van der Waals surface area contributed by atoms with Gasteiger partial charge in [0.1, 0.15) is 11.9 Å². The molecule has 1 aromatic heterocycles. The third-order valence-electron chi connectivity index (χ3n) is 4.91. The van der Waals surface area contributed by atoms with Crippen molar-refractivity contribution in [2.24, 2.45) is 4.99 Å². The van der Waals surface area contributed by atoms with Crippen LogP contribution in [0.5, 0.6) is 0 Å². The van der Waals surface area contributed by atoms with Gasteiger partial charge in [-0.15, -0.1) is 0 Å². The van der Waals surface area contributed by atoms with E-state index in [0.29, 0.717) is 25.6 Å². The number of allylic oxidation sites excluding steroid dienone is 1. The van der Waals surface area contributed by atoms with Gasteiger partial charge in [-0.1, -0.05) is 59.3 Å². The first-order valence-electron chi connectivity index (χ1n) is 9.61. The molecule has 5 nitrogen and oxygen atoms in total. The maximum absolute atomic E-state index is 14.8. The second kappa shape index (κ2) is 8.61. The summed E-state index contributed by atoms with van der Waals surface area (Å²) in [5.41, 5.74) is 1.02. The molecule has 4 rings (SSSR count). The van der Waals surface area contributed by atoms with Gasteiger partial charge in [-0.3, -0.25) is 9.36 Å². The molecule has 1 atom stereocenters. The first kappa shape index (κ1) is 21.2. The molecule has 0 amide bonds. The van der Waals surface area contributed by atoms with Gasteiger partial charge in [0.15, 0.2) is 4.80 Å². The topological polar surface area (TPSA) is 60.7 Å². The molecule has 1 unspecified atom stereocenters. The van der Waals surface area contributed by atoms with E-state index in [1.807, 2.05) is 6.07 Å². The lowest BCUT2D eigenvalue weighted by molar-refractivity contribution is -0.139. The lowest BCUT2D eigenvalue weighted by atomic mass is 9.95. The zero-order valence-corrected chi connectivity index (χ0v) is 18.3. The first-order chi connectivity index (χ1) is 14.9. The zero-order valence-electron chi connectivity index (χ0n) is 16.8. The number of thiazole rings is 1. The summed E-state index contributed by atoms with van der Waals surface area (Å²) in [6.07, 6.45) is 1.67. The molecule has 0 fully saturated rings. The van der Waals surface area contributed by atoms with Crippen molar-refractivity contribution < 1.29 is 13.9 Å². The molecule has 31 heavy (non-hydrogen) atoms. The van der Waals surface area contributed by atoms with Crippen molar-refractivity contribution in [2.75, 3.05) is 6.61 Å². The average molecular weight is 457 g/mol. The molecule has 2 heterocycles. The van der Waals surface area contributed by atoms with Crippen molar-refractivity contribution in [3.8, 4) is 0 Å². The van der Waals surface area contributed by atoms with Crippen molar-refractivity contribution in [3.63, 3.8) is 0 Å². The van der Waals surface area contributed by atoms with Gasteiger partial charge in [0.05, 0.1) is 22.4 Å². The second-order valence-corrected chi connectivity index (χ2v) is 8.26. The Hall–Kier alpha value is -3.03. The van der Waals surface area contributed by atoms with Crippen LogP contribution in [0.25, 0.3) is 6.08 Å². The van der Waals surface area contributed by atoms with Crippen LogP contribution in [0.4, 0.5) is 4.39 Å². The van der Waals surface area contributed by atoms with E-state index in [1.54, 1.807) is 56.3 Å². The van der Waals surface area contributed by atoms with E-state index >= 15 is 0 Å². The number of fused-ring (bicyclic) bond motifs is 1. The minimum Gasteiger partial charge on any atom is -0.463 e. The summed E-state index contributed by atoms with van der Waals surface area (Å²) in [5, 5.41) is 0.502. The van der Waals surface area contributed by atoms with Gasteiger partial charge in [-0.05, 0) is 37.6 Å². The minimum absolute atomic E-state index is 0.142. The third-order valence-corrected chi connectivity index (χ3v) is 6.24. The Balaban J connectivity index is 2.00. The summed E-state index contributed by atoms with van der Waals surface area (Å²) in [5.74, 6) is -1.15. The van der Waals surface area contributed by atoms with Crippen molar-refractivity contribution in [3.05, 3.63) is 101 Å². The van der Waals surface area contributed by atoms with E-state index in [9.17, 15) is 14.0 Å². The summed E-state index contributed by atoms with van der Waals surface area (Å²) in [4.78, 5) is 31.0. The van der Waals surface area contributed by atoms with E-state index in [2.05, 4.69) is 4.99 Å². The molecule has 0 saturated heterocycles. The SMILES string of the molecule is CCOC(=O)C1=C(C)N=c2s/c(=C/c3ccccc3Cl)c(=O)n2C1c1ccccc1F. The molecule has 8 heteroatoms. The summed E-state index contributed by atoms with van der Waals surface area (Å²) < 4.78 is 21.7. The van der Waals surface area contributed by atoms with Gasteiger partial charge >= 0.3 is 5.97 Å². The molecule has 158 valence electrons. The predicted octanol–water partition coefficient (Wildman–Crippen LogP) is 3.59. The Bertz CT molecular complexity index is 1390. The summed E-state index contributed by atoms with van der Waals surface area (Å²) >= 11 is 7.40. The fourth-order valence-electron chi connectivity index (χ4n) is 3.52. The van der Waals surface area contributed by atoms with Crippen LogP contribution < -0.4 is 14.9 Å². The Labute approximate surface area is 186 Å². The zero-order chi connectivity index (χ0) is 22.1. The van der Waals surface area contributed by atoms with E-state index in [1.165, 1.54) is 10.6 Å².